The zero-order chi connectivity index (χ0) is 14.3. The van der Waals surface area contributed by atoms with Gasteiger partial charge in [-0.25, -0.2) is 9.97 Å². The van der Waals surface area contributed by atoms with Gasteiger partial charge in [-0.3, -0.25) is 4.98 Å². The number of hydrogen-bond donors (Lipinski definition) is 0. The normalized spacial score (nSPS) is 11.0. The molecule has 3 aromatic rings. The third-order valence-corrected chi connectivity index (χ3v) is 3.67. The molecule has 0 aliphatic rings. The number of fused-ring (bicyclic) bond motifs is 1. The molecular weight excluding hydrogens is 270 g/mol. The first kappa shape index (κ1) is 13.0. The summed E-state index contributed by atoms with van der Waals surface area (Å²) in [6, 6.07) is 10.2. The van der Waals surface area contributed by atoms with Crippen molar-refractivity contribution in [2.45, 2.75) is 20.8 Å². The van der Waals surface area contributed by atoms with Crippen LogP contribution in [-0.4, -0.2) is 15.0 Å². The third kappa shape index (κ3) is 2.25. The van der Waals surface area contributed by atoms with Crippen LogP contribution in [0.2, 0.25) is 5.15 Å². The lowest BCUT2D eigenvalue weighted by Gasteiger charge is -2.09. The van der Waals surface area contributed by atoms with Crippen LogP contribution in [0.15, 0.2) is 30.3 Å². The van der Waals surface area contributed by atoms with E-state index < -0.39 is 0 Å². The third-order valence-electron chi connectivity index (χ3n) is 3.30. The molecule has 2 aromatic heterocycles. The lowest BCUT2D eigenvalue weighted by Crippen LogP contribution is -1.96. The molecule has 100 valence electrons. The van der Waals surface area contributed by atoms with Gasteiger partial charge in [0.15, 0.2) is 0 Å². The molecule has 0 N–H and O–H groups in total. The molecule has 0 bridgehead atoms. The summed E-state index contributed by atoms with van der Waals surface area (Å²) in [6.45, 7) is 5.78. The SMILES string of the molecule is Cc1ccc2cc(-c3nc(C)nc(Cl)c3C)ccc2n1. The topological polar surface area (TPSA) is 38.7 Å². The Hall–Kier alpha value is -2.00. The summed E-state index contributed by atoms with van der Waals surface area (Å²) in [5, 5.41) is 1.61. The minimum absolute atomic E-state index is 0.509. The molecule has 0 amide bonds. The van der Waals surface area contributed by atoms with Gasteiger partial charge in [-0.05, 0) is 39.0 Å². The first-order valence-corrected chi connectivity index (χ1v) is 6.81. The van der Waals surface area contributed by atoms with E-state index in [9.17, 15) is 0 Å². The molecule has 0 atom stereocenters. The van der Waals surface area contributed by atoms with Crippen LogP contribution in [0.4, 0.5) is 0 Å². The summed E-state index contributed by atoms with van der Waals surface area (Å²) in [5.74, 6) is 0.678. The Labute approximate surface area is 122 Å². The van der Waals surface area contributed by atoms with Crippen LogP contribution in [0.3, 0.4) is 0 Å². The molecule has 3 nitrogen and oxygen atoms in total. The molecule has 0 unspecified atom stereocenters. The number of aromatic nitrogens is 3. The second-order valence-corrected chi connectivity index (χ2v) is 5.25. The predicted octanol–water partition coefficient (Wildman–Crippen LogP) is 4.27. The monoisotopic (exact) mass is 283 g/mol. The number of rotatable bonds is 1. The van der Waals surface area contributed by atoms with E-state index >= 15 is 0 Å². The zero-order valence-corrected chi connectivity index (χ0v) is 12.4. The van der Waals surface area contributed by atoms with Crippen LogP contribution in [-0.2, 0) is 0 Å². The number of aryl methyl sites for hydroxylation is 2. The Morgan fingerprint density at radius 2 is 1.70 bits per heavy atom. The first-order chi connectivity index (χ1) is 9.54. The van der Waals surface area contributed by atoms with Gasteiger partial charge in [0, 0.05) is 22.2 Å². The van der Waals surface area contributed by atoms with Crippen molar-refractivity contribution in [3.63, 3.8) is 0 Å². The van der Waals surface area contributed by atoms with Crippen molar-refractivity contribution in [2.75, 3.05) is 0 Å². The van der Waals surface area contributed by atoms with Crippen LogP contribution in [0.5, 0.6) is 0 Å². The predicted molar refractivity (Wildman–Crippen MR) is 82.0 cm³/mol. The molecular formula is C16H14ClN3. The summed E-state index contributed by atoms with van der Waals surface area (Å²) >= 11 is 6.14. The van der Waals surface area contributed by atoms with Gasteiger partial charge in [-0.15, -0.1) is 0 Å². The molecule has 0 saturated heterocycles. The highest BCUT2D eigenvalue weighted by Gasteiger charge is 2.10. The van der Waals surface area contributed by atoms with Gasteiger partial charge in [0.1, 0.15) is 11.0 Å². The maximum absolute atomic E-state index is 6.14. The number of benzene rings is 1. The number of nitrogens with zero attached hydrogens (tertiary/aromatic N) is 3. The highest BCUT2D eigenvalue weighted by atomic mass is 35.5. The summed E-state index contributed by atoms with van der Waals surface area (Å²) < 4.78 is 0. The molecule has 0 spiro atoms. The van der Waals surface area contributed by atoms with E-state index in [0.717, 1.165) is 33.4 Å². The Balaban J connectivity index is 2.22. The van der Waals surface area contributed by atoms with Crippen molar-refractivity contribution in [3.8, 4) is 11.3 Å². The van der Waals surface area contributed by atoms with Crippen molar-refractivity contribution in [2.24, 2.45) is 0 Å². The number of pyridine rings is 1. The van der Waals surface area contributed by atoms with E-state index in [0.29, 0.717) is 11.0 Å². The van der Waals surface area contributed by atoms with Gasteiger partial charge in [0.05, 0.1) is 11.2 Å². The van der Waals surface area contributed by atoms with Crippen molar-refractivity contribution in [3.05, 3.63) is 52.6 Å². The summed E-state index contributed by atoms with van der Waals surface area (Å²) in [5.41, 5.74) is 4.82. The highest BCUT2D eigenvalue weighted by molar-refractivity contribution is 6.30. The lowest BCUT2D eigenvalue weighted by atomic mass is 10.0. The molecule has 4 heteroatoms. The largest absolute Gasteiger partial charge is 0.253 e. The zero-order valence-electron chi connectivity index (χ0n) is 11.6. The lowest BCUT2D eigenvalue weighted by molar-refractivity contribution is 1.04. The van der Waals surface area contributed by atoms with E-state index in [-0.39, 0.29) is 0 Å². The van der Waals surface area contributed by atoms with Gasteiger partial charge in [0.25, 0.3) is 0 Å². The van der Waals surface area contributed by atoms with Crippen LogP contribution in [0.25, 0.3) is 22.2 Å². The molecule has 3 rings (SSSR count). The minimum atomic E-state index is 0.509. The second kappa shape index (κ2) is 4.84. The Bertz CT molecular complexity index is 812. The van der Waals surface area contributed by atoms with E-state index in [1.54, 1.807) is 0 Å². The quantitative estimate of drug-likeness (QED) is 0.626. The van der Waals surface area contributed by atoms with Crippen molar-refractivity contribution < 1.29 is 0 Å². The smallest absolute Gasteiger partial charge is 0.136 e. The fraction of sp³-hybridized carbons (Fsp3) is 0.188. The standard InChI is InChI=1S/C16H14ClN3/c1-9-4-5-12-8-13(6-7-14(12)18-9)15-10(2)16(17)20-11(3)19-15/h4-8H,1-3H3. The van der Waals surface area contributed by atoms with Crippen molar-refractivity contribution in [1.29, 1.82) is 0 Å². The molecule has 0 radical (unpaired) electrons. The molecule has 2 heterocycles. The average molecular weight is 284 g/mol. The van der Waals surface area contributed by atoms with Gasteiger partial charge >= 0.3 is 0 Å². The van der Waals surface area contributed by atoms with E-state index in [1.807, 2.05) is 39.0 Å². The van der Waals surface area contributed by atoms with E-state index in [1.165, 1.54) is 0 Å². The van der Waals surface area contributed by atoms with Crippen LogP contribution < -0.4 is 0 Å². The number of halogens is 1. The Morgan fingerprint density at radius 1 is 0.900 bits per heavy atom. The van der Waals surface area contributed by atoms with Crippen LogP contribution in [0.1, 0.15) is 17.1 Å². The minimum Gasteiger partial charge on any atom is -0.253 e. The van der Waals surface area contributed by atoms with Gasteiger partial charge in [0.2, 0.25) is 0 Å². The first-order valence-electron chi connectivity index (χ1n) is 6.43. The van der Waals surface area contributed by atoms with E-state index in [2.05, 4.69) is 27.1 Å². The molecule has 20 heavy (non-hydrogen) atoms. The maximum Gasteiger partial charge on any atom is 0.136 e. The van der Waals surface area contributed by atoms with E-state index in [4.69, 9.17) is 11.6 Å². The van der Waals surface area contributed by atoms with Gasteiger partial charge in [-0.1, -0.05) is 23.7 Å². The molecule has 0 fully saturated rings. The molecule has 0 aliphatic heterocycles. The molecule has 0 aliphatic carbocycles. The van der Waals surface area contributed by atoms with Gasteiger partial charge in [-0.2, -0.15) is 0 Å². The maximum atomic E-state index is 6.14. The Morgan fingerprint density at radius 3 is 2.50 bits per heavy atom. The van der Waals surface area contributed by atoms with Crippen molar-refractivity contribution in [1.82, 2.24) is 15.0 Å². The summed E-state index contributed by atoms with van der Waals surface area (Å²) in [7, 11) is 0. The second-order valence-electron chi connectivity index (χ2n) is 4.90. The molecule has 0 saturated carbocycles. The fourth-order valence-electron chi connectivity index (χ4n) is 2.25. The number of hydrogen-bond acceptors (Lipinski definition) is 3. The van der Waals surface area contributed by atoms with Crippen molar-refractivity contribution >= 4 is 22.5 Å². The fourth-order valence-corrected chi connectivity index (χ4v) is 2.46. The summed E-state index contributed by atoms with van der Waals surface area (Å²) in [4.78, 5) is 13.2. The van der Waals surface area contributed by atoms with Crippen LogP contribution in [0, 0.1) is 20.8 Å². The Kier molecular flexibility index (Phi) is 3.14. The molecule has 1 aromatic carbocycles. The highest BCUT2D eigenvalue weighted by Crippen LogP contribution is 2.28. The van der Waals surface area contributed by atoms with Crippen LogP contribution >= 0.6 is 11.6 Å². The average Bonchev–Trinajstić information content (AvgIpc) is 2.42. The summed E-state index contributed by atoms with van der Waals surface area (Å²) in [6.07, 6.45) is 0. The van der Waals surface area contributed by atoms with Gasteiger partial charge < -0.3 is 0 Å².